The Bertz CT molecular complexity index is 675. The third-order valence-corrected chi connectivity index (χ3v) is 4.76. The highest BCUT2D eigenvalue weighted by atomic mass is 15.1. The first-order chi connectivity index (χ1) is 10.3. The van der Waals surface area contributed by atoms with Gasteiger partial charge in [0, 0.05) is 24.5 Å². The van der Waals surface area contributed by atoms with Crippen molar-refractivity contribution in [2.24, 2.45) is 0 Å². The number of fused-ring (bicyclic) bond motifs is 2. The van der Waals surface area contributed by atoms with Crippen LogP contribution in [0.1, 0.15) is 28.7 Å². The van der Waals surface area contributed by atoms with Crippen LogP contribution < -0.4 is 10.2 Å². The molecule has 2 aromatic carbocycles. The van der Waals surface area contributed by atoms with Crippen molar-refractivity contribution < 1.29 is 0 Å². The zero-order chi connectivity index (χ0) is 14.2. The zero-order valence-corrected chi connectivity index (χ0v) is 12.7. The molecule has 2 aromatic rings. The summed E-state index contributed by atoms with van der Waals surface area (Å²) in [6.07, 6.45) is 3.60. The number of anilines is 2. The molecule has 1 N–H and O–H groups in total. The van der Waals surface area contributed by atoms with Crippen LogP contribution in [0.25, 0.3) is 0 Å². The van der Waals surface area contributed by atoms with Crippen molar-refractivity contribution in [2.75, 3.05) is 18.0 Å². The maximum atomic E-state index is 3.48. The lowest BCUT2D eigenvalue weighted by molar-refractivity contribution is 0.641. The lowest BCUT2D eigenvalue weighted by atomic mass is 9.94. The van der Waals surface area contributed by atoms with E-state index in [1.807, 2.05) is 0 Å². The van der Waals surface area contributed by atoms with Crippen molar-refractivity contribution >= 4 is 11.4 Å². The van der Waals surface area contributed by atoms with Crippen LogP contribution in [0.3, 0.4) is 0 Å². The third kappa shape index (κ3) is 2.24. The van der Waals surface area contributed by atoms with E-state index in [-0.39, 0.29) is 0 Å². The fourth-order valence-corrected chi connectivity index (χ4v) is 3.74. The van der Waals surface area contributed by atoms with Gasteiger partial charge in [-0.15, -0.1) is 0 Å². The van der Waals surface area contributed by atoms with Gasteiger partial charge in [0.05, 0.1) is 0 Å². The second-order valence-corrected chi connectivity index (χ2v) is 6.23. The number of nitrogens with zero attached hydrogens (tertiary/aromatic N) is 1. The molecule has 2 aliphatic heterocycles. The summed E-state index contributed by atoms with van der Waals surface area (Å²) in [5, 5.41) is 3.48. The van der Waals surface area contributed by atoms with Gasteiger partial charge in [0.15, 0.2) is 0 Å². The van der Waals surface area contributed by atoms with Crippen molar-refractivity contribution in [2.45, 2.75) is 32.7 Å². The Morgan fingerprint density at radius 1 is 1.00 bits per heavy atom. The molecule has 0 bridgehead atoms. The molecule has 2 heterocycles. The van der Waals surface area contributed by atoms with Crippen molar-refractivity contribution in [3.8, 4) is 0 Å². The van der Waals surface area contributed by atoms with E-state index in [2.05, 4.69) is 53.5 Å². The van der Waals surface area contributed by atoms with Crippen LogP contribution in [-0.4, -0.2) is 13.1 Å². The van der Waals surface area contributed by atoms with Gasteiger partial charge in [0.2, 0.25) is 0 Å². The van der Waals surface area contributed by atoms with E-state index < -0.39 is 0 Å². The molecular weight excluding hydrogens is 256 g/mol. The van der Waals surface area contributed by atoms with Gasteiger partial charge in [-0.3, -0.25) is 0 Å². The SMILES string of the molecule is Cc1ccc2c(c1)CCCN2c1cccc2c1CCNC2. The molecule has 0 unspecified atom stereocenters. The predicted molar refractivity (Wildman–Crippen MR) is 88.4 cm³/mol. The average Bonchev–Trinajstić information content (AvgIpc) is 2.53. The molecular formula is C19H22N2. The summed E-state index contributed by atoms with van der Waals surface area (Å²) in [6.45, 7) is 5.44. The number of hydrogen-bond acceptors (Lipinski definition) is 2. The number of rotatable bonds is 1. The Morgan fingerprint density at radius 2 is 1.95 bits per heavy atom. The Kier molecular flexibility index (Phi) is 3.19. The third-order valence-electron chi connectivity index (χ3n) is 4.76. The second kappa shape index (κ2) is 5.19. The molecule has 2 heteroatoms. The Morgan fingerprint density at radius 3 is 2.90 bits per heavy atom. The molecule has 0 spiro atoms. The molecule has 0 saturated carbocycles. The first kappa shape index (κ1) is 12.9. The molecule has 2 aliphatic rings. The van der Waals surface area contributed by atoms with Gasteiger partial charge in [0.1, 0.15) is 0 Å². The summed E-state index contributed by atoms with van der Waals surface area (Å²) in [4.78, 5) is 2.54. The Hall–Kier alpha value is -1.80. The summed E-state index contributed by atoms with van der Waals surface area (Å²) in [6, 6.07) is 13.7. The highest BCUT2D eigenvalue weighted by molar-refractivity contribution is 5.72. The van der Waals surface area contributed by atoms with Gasteiger partial charge >= 0.3 is 0 Å². The average molecular weight is 278 g/mol. The van der Waals surface area contributed by atoms with Crippen LogP contribution in [0.5, 0.6) is 0 Å². The Balaban J connectivity index is 1.82. The van der Waals surface area contributed by atoms with E-state index in [4.69, 9.17) is 0 Å². The fourth-order valence-electron chi connectivity index (χ4n) is 3.74. The van der Waals surface area contributed by atoms with Crippen molar-refractivity contribution in [1.82, 2.24) is 5.32 Å². The topological polar surface area (TPSA) is 15.3 Å². The van der Waals surface area contributed by atoms with Crippen molar-refractivity contribution in [3.05, 3.63) is 58.7 Å². The van der Waals surface area contributed by atoms with Crippen molar-refractivity contribution in [1.29, 1.82) is 0 Å². The van der Waals surface area contributed by atoms with E-state index in [0.29, 0.717) is 0 Å². The smallest absolute Gasteiger partial charge is 0.0447 e. The molecule has 0 saturated heterocycles. The number of hydrogen-bond donors (Lipinski definition) is 1. The summed E-state index contributed by atoms with van der Waals surface area (Å²) in [5.74, 6) is 0. The molecule has 0 atom stereocenters. The van der Waals surface area contributed by atoms with Crippen LogP contribution >= 0.6 is 0 Å². The summed E-state index contributed by atoms with van der Waals surface area (Å²) < 4.78 is 0. The molecule has 4 rings (SSSR count). The number of benzene rings is 2. The minimum absolute atomic E-state index is 1.01. The van der Waals surface area contributed by atoms with Gasteiger partial charge in [-0.1, -0.05) is 29.8 Å². The van der Waals surface area contributed by atoms with Crippen LogP contribution in [0.15, 0.2) is 36.4 Å². The second-order valence-electron chi connectivity index (χ2n) is 6.23. The lowest BCUT2D eigenvalue weighted by Gasteiger charge is -2.34. The molecule has 0 aromatic heterocycles. The molecule has 21 heavy (non-hydrogen) atoms. The fraction of sp³-hybridized carbons (Fsp3) is 0.368. The first-order valence-electron chi connectivity index (χ1n) is 8.01. The quantitative estimate of drug-likeness (QED) is 0.855. The van der Waals surface area contributed by atoms with Crippen LogP contribution in [0.2, 0.25) is 0 Å². The van der Waals surface area contributed by atoms with Gasteiger partial charge < -0.3 is 10.2 Å². The molecule has 0 amide bonds. The molecule has 108 valence electrons. The minimum atomic E-state index is 1.01. The molecule has 0 fully saturated rings. The Labute approximate surface area is 126 Å². The molecule has 0 radical (unpaired) electrons. The molecule has 0 aliphatic carbocycles. The highest BCUT2D eigenvalue weighted by Gasteiger charge is 2.22. The summed E-state index contributed by atoms with van der Waals surface area (Å²) in [5.41, 5.74) is 8.74. The van der Waals surface area contributed by atoms with Crippen LogP contribution in [0, 0.1) is 6.92 Å². The van der Waals surface area contributed by atoms with Gasteiger partial charge in [-0.2, -0.15) is 0 Å². The maximum Gasteiger partial charge on any atom is 0.0447 e. The van der Waals surface area contributed by atoms with Gasteiger partial charge in [-0.05, 0) is 61.6 Å². The monoisotopic (exact) mass is 278 g/mol. The van der Waals surface area contributed by atoms with Crippen LogP contribution in [-0.2, 0) is 19.4 Å². The van der Waals surface area contributed by atoms with Gasteiger partial charge in [0.25, 0.3) is 0 Å². The van der Waals surface area contributed by atoms with Gasteiger partial charge in [-0.25, -0.2) is 0 Å². The van der Waals surface area contributed by atoms with E-state index in [0.717, 1.165) is 26.1 Å². The normalized spacial score (nSPS) is 17.3. The standard InChI is InChI=1S/C19H22N2/c1-14-7-8-18-15(12-14)5-3-11-21(18)19-6-2-4-16-13-20-10-9-17(16)19/h2,4,6-8,12,20H,3,5,9-11,13H2,1H3. The number of aryl methyl sites for hydroxylation is 2. The zero-order valence-electron chi connectivity index (χ0n) is 12.7. The maximum absolute atomic E-state index is 3.48. The van der Waals surface area contributed by atoms with Crippen LogP contribution in [0.4, 0.5) is 11.4 Å². The predicted octanol–water partition coefficient (Wildman–Crippen LogP) is 3.73. The summed E-state index contributed by atoms with van der Waals surface area (Å²) in [7, 11) is 0. The molecule has 2 nitrogen and oxygen atoms in total. The van der Waals surface area contributed by atoms with E-state index >= 15 is 0 Å². The van der Waals surface area contributed by atoms with E-state index in [9.17, 15) is 0 Å². The first-order valence-corrected chi connectivity index (χ1v) is 8.01. The van der Waals surface area contributed by atoms with E-state index in [1.165, 1.54) is 40.9 Å². The van der Waals surface area contributed by atoms with E-state index in [1.54, 1.807) is 5.56 Å². The minimum Gasteiger partial charge on any atom is -0.341 e. The largest absolute Gasteiger partial charge is 0.341 e. The highest BCUT2D eigenvalue weighted by Crippen LogP contribution is 2.37. The number of nitrogens with one attached hydrogen (secondary N) is 1. The summed E-state index contributed by atoms with van der Waals surface area (Å²) >= 11 is 0. The van der Waals surface area contributed by atoms with Crippen molar-refractivity contribution in [3.63, 3.8) is 0 Å². The lowest BCUT2D eigenvalue weighted by Crippen LogP contribution is -2.29.